The number of anilines is 1. The van der Waals surface area contributed by atoms with Gasteiger partial charge in [-0.25, -0.2) is 4.79 Å². The molecule has 0 aliphatic heterocycles. The van der Waals surface area contributed by atoms with Gasteiger partial charge in [-0.15, -0.1) is 0 Å². The van der Waals surface area contributed by atoms with Gasteiger partial charge in [0, 0.05) is 5.69 Å². The lowest BCUT2D eigenvalue weighted by Crippen LogP contribution is -2.23. The largest absolute Gasteiger partial charge is 0.482 e. The molecule has 6 nitrogen and oxygen atoms in total. The molecule has 3 rings (SSSR count). The zero-order valence-electron chi connectivity index (χ0n) is 14.6. The van der Waals surface area contributed by atoms with Gasteiger partial charge in [0.15, 0.2) is 13.2 Å². The summed E-state index contributed by atoms with van der Waals surface area (Å²) in [5.74, 6) is -0.659. The van der Waals surface area contributed by atoms with Crippen molar-refractivity contribution < 1.29 is 19.1 Å². The minimum Gasteiger partial charge on any atom is -0.482 e. The fourth-order valence-corrected chi connectivity index (χ4v) is 2.69. The van der Waals surface area contributed by atoms with Crippen LogP contribution in [0.15, 0.2) is 60.7 Å². The van der Waals surface area contributed by atoms with Crippen LogP contribution < -0.4 is 10.1 Å². The van der Waals surface area contributed by atoms with Crippen LogP contribution in [0.4, 0.5) is 5.69 Å². The zero-order valence-corrected chi connectivity index (χ0v) is 15.4. The van der Waals surface area contributed by atoms with E-state index in [2.05, 4.69) is 5.32 Å². The molecule has 0 fully saturated rings. The number of esters is 1. The molecule has 0 aliphatic carbocycles. The molecule has 0 radical (unpaired) electrons. The fourth-order valence-electron chi connectivity index (χ4n) is 2.47. The zero-order chi connectivity index (χ0) is 19.9. The predicted octanol–water partition coefficient (Wildman–Crippen LogP) is 3.93. The Hall–Kier alpha value is -3.56. The van der Waals surface area contributed by atoms with Crippen molar-refractivity contribution in [3.63, 3.8) is 0 Å². The highest BCUT2D eigenvalue weighted by atomic mass is 35.5. The lowest BCUT2D eigenvalue weighted by Gasteiger charge is -2.09. The van der Waals surface area contributed by atoms with Crippen LogP contribution in [0.3, 0.4) is 0 Å². The van der Waals surface area contributed by atoms with Crippen LogP contribution in [-0.2, 0) is 14.3 Å². The minimum atomic E-state index is -0.666. The molecule has 7 heteroatoms. The van der Waals surface area contributed by atoms with E-state index >= 15 is 0 Å². The van der Waals surface area contributed by atoms with Crippen LogP contribution in [0.5, 0.6) is 5.75 Å². The van der Waals surface area contributed by atoms with Crippen molar-refractivity contribution in [3.05, 3.63) is 71.2 Å². The molecule has 1 amide bonds. The molecule has 0 aromatic heterocycles. The molecule has 0 unspecified atom stereocenters. The number of carbonyl (C=O) groups is 2. The fraction of sp³-hybridized carbons (Fsp3) is 0.0952. The third kappa shape index (κ3) is 5.00. The summed E-state index contributed by atoms with van der Waals surface area (Å²) in [6.07, 6.45) is 0. The molecule has 3 aromatic carbocycles. The molecule has 0 spiro atoms. The van der Waals surface area contributed by atoms with Gasteiger partial charge in [-0.3, -0.25) is 4.79 Å². The molecule has 140 valence electrons. The predicted molar refractivity (Wildman–Crippen MR) is 105 cm³/mol. The number of nitriles is 1. The van der Waals surface area contributed by atoms with E-state index < -0.39 is 18.5 Å². The molecule has 28 heavy (non-hydrogen) atoms. The average molecular weight is 395 g/mol. The summed E-state index contributed by atoms with van der Waals surface area (Å²) in [6.45, 7) is -0.772. The van der Waals surface area contributed by atoms with Crippen molar-refractivity contribution in [2.75, 3.05) is 18.5 Å². The van der Waals surface area contributed by atoms with E-state index in [4.69, 9.17) is 26.3 Å². The Kier molecular flexibility index (Phi) is 6.10. The van der Waals surface area contributed by atoms with Crippen LogP contribution in [0.1, 0.15) is 5.56 Å². The van der Waals surface area contributed by atoms with Gasteiger partial charge in [-0.05, 0) is 41.1 Å². The van der Waals surface area contributed by atoms with Gasteiger partial charge < -0.3 is 14.8 Å². The normalized spacial score (nSPS) is 10.1. The summed E-state index contributed by atoms with van der Waals surface area (Å²) in [4.78, 5) is 23.7. The van der Waals surface area contributed by atoms with Crippen LogP contribution in [0.2, 0.25) is 5.02 Å². The molecule has 0 saturated heterocycles. The molecule has 1 N–H and O–H groups in total. The van der Waals surface area contributed by atoms with Crippen molar-refractivity contribution in [3.8, 4) is 11.8 Å². The lowest BCUT2D eigenvalue weighted by atomic mass is 10.1. The van der Waals surface area contributed by atoms with Gasteiger partial charge >= 0.3 is 5.97 Å². The first-order valence-electron chi connectivity index (χ1n) is 8.32. The Morgan fingerprint density at radius 2 is 1.79 bits per heavy atom. The second-order valence-electron chi connectivity index (χ2n) is 5.81. The van der Waals surface area contributed by atoms with E-state index in [9.17, 15) is 9.59 Å². The molecule has 0 atom stereocenters. The maximum Gasteiger partial charge on any atom is 0.344 e. The quantitative estimate of drug-likeness (QED) is 0.640. The summed E-state index contributed by atoms with van der Waals surface area (Å²) in [6, 6.07) is 19.7. The second-order valence-corrected chi connectivity index (χ2v) is 6.22. The van der Waals surface area contributed by atoms with Gasteiger partial charge in [0.2, 0.25) is 0 Å². The van der Waals surface area contributed by atoms with E-state index in [1.54, 1.807) is 6.07 Å². The monoisotopic (exact) mass is 394 g/mol. The second kappa shape index (κ2) is 8.89. The van der Waals surface area contributed by atoms with Gasteiger partial charge in [0.05, 0.1) is 10.6 Å². The number of fused-ring (bicyclic) bond motifs is 1. The van der Waals surface area contributed by atoms with Crippen LogP contribution >= 0.6 is 11.6 Å². The number of benzene rings is 3. The Balaban J connectivity index is 1.46. The summed E-state index contributed by atoms with van der Waals surface area (Å²) >= 11 is 5.90. The number of halogens is 1. The number of hydrogen-bond acceptors (Lipinski definition) is 5. The summed E-state index contributed by atoms with van der Waals surface area (Å²) in [5, 5.41) is 13.6. The van der Waals surface area contributed by atoms with Gasteiger partial charge in [0.1, 0.15) is 11.8 Å². The van der Waals surface area contributed by atoms with Gasteiger partial charge in [-0.2, -0.15) is 5.26 Å². The van der Waals surface area contributed by atoms with Crippen molar-refractivity contribution in [2.45, 2.75) is 0 Å². The summed E-state index contributed by atoms with van der Waals surface area (Å²) in [5.41, 5.74) is 0.703. The highest BCUT2D eigenvalue weighted by Crippen LogP contribution is 2.21. The first kappa shape index (κ1) is 19.2. The van der Waals surface area contributed by atoms with E-state index in [0.29, 0.717) is 17.0 Å². The van der Waals surface area contributed by atoms with E-state index in [-0.39, 0.29) is 11.6 Å². The van der Waals surface area contributed by atoms with Crippen molar-refractivity contribution in [1.29, 1.82) is 5.26 Å². The third-order valence-electron chi connectivity index (χ3n) is 3.82. The first-order valence-corrected chi connectivity index (χ1v) is 8.69. The SMILES string of the molecule is N#Cc1ccc(NC(=O)COC(=O)COc2ccc3ccccc3c2)cc1Cl. The van der Waals surface area contributed by atoms with Crippen molar-refractivity contribution in [2.24, 2.45) is 0 Å². The smallest absolute Gasteiger partial charge is 0.344 e. The topological polar surface area (TPSA) is 88.4 Å². The highest BCUT2D eigenvalue weighted by molar-refractivity contribution is 6.32. The Bertz CT molecular complexity index is 1080. The summed E-state index contributed by atoms with van der Waals surface area (Å²) in [7, 11) is 0. The molecule has 0 saturated carbocycles. The number of rotatable bonds is 6. The first-order chi connectivity index (χ1) is 13.5. The number of amides is 1. The molecular formula is C21H15ClN2O4. The maximum absolute atomic E-state index is 11.9. The van der Waals surface area contributed by atoms with E-state index in [1.165, 1.54) is 18.2 Å². The van der Waals surface area contributed by atoms with Gasteiger partial charge in [0.25, 0.3) is 5.91 Å². The molecular weight excluding hydrogens is 380 g/mol. The maximum atomic E-state index is 11.9. The lowest BCUT2D eigenvalue weighted by molar-refractivity contribution is -0.149. The highest BCUT2D eigenvalue weighted by Gasteiger charge is 2.10. The Labute approximate surface area is 166 Å². The third-order valence-corrected chi connectivity index (χ3v) is 4.13. The standard InChI is InChI=1S/C21H15ClN2O4/c22-19-10-17(7-5-16(19)11-23)24-20(25)12-28-21(26)13-27-18-8-6-14-3-1-2-4-15(14)9-18/h1-10H,12-13H2,(H,24,25). The number of nitrogens with one attached hydrogen (secondary N) is 1. The molecule has 0 heterocycles. The molecule has 0 aliphatic rings. The Morgan fingerprint density at radius 3 is 2.54 bits per heavy atom. The number of carbonyl (C=O) groups excluding carboxylic acids is 2. The minimum absolute atomic E-state index is 0.223. The number of ether oxygens (including phenoxy) is 2. The van der Waals surface area contributed by atoms with E-state index in [0.717, 1.165) is 10.8 Å². The van der Waals surface area contributed by atoms with Crippen LogP contribution in [-0.4, -0.2) is 25.1 Å². The van der Waals surface area contributed by atoms with E-state index in [1.807, 2.05) is 42.5 Å². The van der Waals surface area contributed by atoms with Crippen LogP contribution in [0.25, 0.3) is 10.8 Å². The van der Waals surface area contributed by atoms with Gasteiger partial charge in [-0.1, -0.05) is 41.9 Å². The number of nitrogens with zero attached hydrogens (tertiary/aromatic N) is 1. The number of hydrogen-bond donors (Lipinski definition) is 1. The Morgan fingerprint density at radius 1 is 1.00 bits per heavy atom. The van der Waals surface area contributed by atoms with Crippen molar-refractivity contribution in [1.82, 2.24) is 0 Å². The van der Waals surface area contributed by atoms with Crippen molar-refractivity contribution >= 4 is 39.9 Å². The average Bonchev–Trinajstić information content (AvgIpc) is 2.70. The van der Waals surface area contributed by atoms with Crippen LogP contribution in [0, 0.1) is 11.3 Å². The molecule has 0 bridgehead atoms. The summed E-state index contributed by atoms with van der Waals surface area (Å²) < 4.78 is 10.3. The molecule has 3 aromatic rings.